The Morgan fingerprint density at radius 2 is 1.87 bits per heavy atom. The molecule has 0 aliphatic carbocycles. The van der Waals surface area contributed by atoms with Gasteiger partial charge in [0.25, 0.3) is 0 Å². The van der Waals surface area contributed by atoms with Gasteiger partial charge in [-0.05, 0) is 27.1 Å². The van der Waals surface area contributed by atoms with Crippen LogP contribution in [-0.2, 0) is 0 Å². The van der Waals surface area contributed by atoms with Crippen LogP contribution >= 0.6 is 12.2 Å². The van der Waals surface area contributed by atoms with Gasteiger partial charge in [0.15, 0.2) is 0 Å². The zero-order valence-electron chi connectivity index (χ0n) is 10.5. The van der Waals surface area contributed by atoms with Gasteiger partial charge >= 0.3 is 0 Å². The molecule has 1 unspecified atom stereocenters. The van der Waals surface area contributed by atoms with Crippen molar-refractivity contribution >= 4 is 17.2 Å². The van der Waals surface area contributed by atoms with Crippen molar-refractivity contribution in [3.63, 3.8) is 0 Å². The average Bonchev–Trinajstić information content (AvgIpc) is 2.14. The van der Waals surface area contributed by atoms with E-state index >= 15 is 0 Å². The topological polar surface area (TPSA) is 32.5 Å². The normalized spacial score (nSPS) is 13.5. The van der Waals surface area contributed by atoms with E-state index in [1.807, 2.05) is 0 Å². The summed E-state index contributed by atoms with van der Waals surface area (Å²) in [6.07, 6.45) is 1.18. The van der Waals surface area contributed by atoms with Crippen LogP contribution in [0.15, 0.2) is 0 Å². The summed E-state index contributed by atoms with van der Waals surface area (Å²) in [5.74, 6) is 0.314. The molecule has 0 saturated heterocycles. The van der Waals surface area contributed by atoms with Crippen LogP contribution in [0.4, 0.5) is 0 Å². The van der Waals surface area contributed by atoms with E-state index in [0.717, 1.165) is 26.2 Å². The van der Waals surface area contributed by atoms with E-state index in [4.69, 9.17) is 18.0 Å². The number of rotatable bonds is 8. The Morgan fingerprint density at radius 1 is 1.27 bits per heavy atom. The van der Waals surface area contributed by atoms with Crippen LogP contribution in [0.2, 0.25) is 0 Å². The second-order valence-corrected chi connectivity index (χ2v) is 4.88. The van der Waals surface area contributed by atoms with Crippen LogP contribution in [0.1, 0.15) is 20.3 Å². The molecule has 4 heteroatoms. The number of likely N-dealkylation sites (N-methyl/N-ethyl adjacent to an activating group) is 1. The fourth-order valence-corrected chi connectivity index (χ4v) is 1.50. The van der Waals surface area contributed by atoms with Gasteiger partial charge in [0.05, 0.1) is 4.99 Å². The fraction of sp³-hybridized carbons (Fsp3) is 0.909. The molecule has 0 aromatic heterocycles. The zero-order chi connectivity index (χ0) is 11.8. The predicted octanol–water partition coefficient (Wildman–Crippen LogP) is 1.18. The van der Waals surface area contributed by atoms with E-state index in [0.29, 0.717) is 10.9 Å². The lowest BCUT2D eigenvalue weighted by molar-refractivity contribution is 0.230. The monoisotopic (exact) mass is 231 g/mol. The lowest BCUT2D eigenvalue weighted by Gasteiger charge is -2.26. The summed E-state index contributed by atoms with van der Waals surface area (Å²) in [4.78, 5) is 5.26. The Labute approximate surface area is 99.6 Å². The van der Waals surface area contributed by atoms with Crippen molar-refractivity contribution in [2.24, 2.45) is 11.7 Å². The summed E-state index contributed by atoms with van der Waals surface area (Å²) in [6.45, 7) is 8.59. The van der Waals surface area contributed by atoms with Crippen LogP contribution < -0.4 is 5.73 Å². The van der Waals surface area contributed by atoms with Gasteiger partial charge < -0.3 is 15.5 Å². The molecule has 0 heterocycles. The van der Waals surface area contributed by atoms with Gasteiger partial charge in [-0.1, -0.05) is 26.1 Å². The van der Waals surface area contributed by atoms with E-state index in [1.54, 1.807) is 0 Å². The minimum absolute atomic E-state index is 0.314. The highest BCUT2D eigenvalue weighted by molar-refractivity contribution is 7.80. The van der Waals surface area contributed by atoms with Crippen LogP contribution in [0.5, 0.6) is 0 Å². The highest BCUT2D eigenvalue weighted by Gasteiger charge is 2.11. The quantitative estimate of drug-likeness (QED) is 0.636. The molecule has 0 aliphatic heterocycles. The maximum absolute atomic E-state index is 5.63. The van der Waals surface area contributed by atoms with E-state index in [9.17, 15) is 0 Å². The zero-order valence-corrected chi connectivity index (χ0v) is 11.3. The highest BCUT2D eigenvalue weighted by Crippen LogP contribution is 2.01. The standard InChI is InChI=1S/C11H25N3S/c1-5-6-14(8-7-13(3)4)9-10(2)11(12)15/h10H,5-9H2,1-4H3,(H2,12,15). The molecule has 0 aliphatic rings. The van der Waals surface area contributed by atoms with Crippen molar-refractivity contribution in [1.82, 2.24) is 9.80 Å². The predicted molar refractivity (Wildman–Crippen MR) is 71.2 cm³/mol. The molecule has 0 rings (SSSR count). The molecular formula is C11H25N3S. The number of nitrogens with two attached hydrogens (primary N) is 1. The first-order valence-electron chi connectivity index (χ1n) is 5.63. The Morgan fingerprint density at radius 3 is 2.27 bits per heavy atom. The van der Waals surface area contributed by atoms with Crippen molar-refractivity contribution in [3.8, 4) is 0 Å². The van der Waals surface area contributed by atoms with E-state index in [1.165, 1.54) is 6.42 Å². The molecule has 0 radical (unpaired) electrons. The van der Waals surface area contributed by atoms with Crippen molar-refractivity contribution in [3.05, 3.63) is 0 Å². The molecule has 0 saturated carbocycles. The third-order valence-electron chi connectivity index (χ3n) is 2.42. The summed E-state index contributed by atoms with van der Waals surface area (Å²) in [5, 5.41) is 0. The minimum atomic E-state index is 0.314. The molecule has 3 nitrogen and oxygen atoms in total. The second kappa shape index (κ2) is 8.02. The summed E-state index contributed by atoms with van der Waals surface area (Å²) in [5.41, 5.74) is 5.63. The first kappa shape index (κ1) is 14.8. The van der Waals surface area contributed by atoms with E-state index in [-0.39, 0.29) is 0 Å². The summed E-state index contributed by atoms with van der Waals surface area (Å²) in [6, 6.07) is 0. The van der Waals surface area contributed by atoms with Gasteiger partial charge in [-0.2, -0.15) is 0 Å². The minimum Gasteiger partial charge on any atom is -0.393 e. The van der Waals surface area contributed by atoms with Gasteiger partial charge in [0, 0.05) is 25.6 Å². The van der Waals surface area contributed by atoms with Gasteiger partial charge in [0.2, 0.25) is 0 Å². The van der Waals surface area contributed by atoms with Crippen molar-refractivity contribution in [2.75, 3.05) is 40.3 Å². The lowest BCUT2D eigenvalue weighted by atomic mass is 10.1. The molecule has 15 heavy (non-hydrogen) atoms. The van der Waals surface area contributed by atoms with Gasteiger partial charge in [-0.25, -0.2) is 0 Å². The van der Waals surface area contributed by atoms with Crippen LogP contribution in [0, 0.1) is 5.92 Å². The largest absolute Gasteiger partial charge is 0.393 e. The molecule has 90 valence electrons. The van der Waals surface area contributed by atoms with Crippen molar-refractivity contribution < 1.29 is 0 Å². The van der Waals surface area contributed by atoms with Crippen LogP contribution in [0.25, 0.3) is 0 Å². The Kier molecular flexibility index (Phi) is 7.92. The Hall–Kier alpha value is -0.190. The Bertz CT molecular complexity index is 183. The molecule has 0 spiro atoms. The first-order valence-corrected chi connectivity index (χ1v) is 6.04. The van der Waals surface area contributed by atoms with Crippen LogP contribution in [0.3, 0.4) is 0 Å². The third kappa shape index (κ3) is 7.71. The maximum Gasteiger partial charge on any atom is 0.0768 e. The van der Waals surface area contributed by atoms with Gasteiger partial charge in [0.1, 0.15) is 0 Å². The summed E-state index contributed by atoms with van der Waals surface area (Å²) in [7, 11) is 4.20. The number of hydrogen-bond acceptors (Lipinski definition) is 3. The number of hydrogen-bond donors (Lipinski definition) is 1. The van der Waals surface area contributed by atoms with Gasteiger partial charge in [-0.3, -0.25) is 0 Å². The van der Waals surface area contributed by atoms with E-state index < -0.39 is 0 Å². The first-order chi connectivity index (χ1) is 6.97. The van der Waals surface area contributed by atoms with Gasteiger partial charge in [-0.15, -0.1) is 0 Å². The molecule has 1 atom stereocenters. The molecule has 0 bridgehead atoms. The second-order valence-electron chi connectivity index (χ2n) is 4.41. The lowest BCUT2D eigenvalue weighted by Crippen LogP contribution is -2.38. The van der Waals surface area contributed by atoms with Crippen molar-refractivity contribution in [2.45, 2.75) is 20.3 Å². The van der Waals surface area contributed by atoms with Crippen molar-refractivity contribution in [1.29, 1.82) is 0 Å². The number of nitrogens with zero attached hydrogens (tertiary/aromatic N) is 2. The Balaban J connectivity index is 3.97. The molecule has 0 fully saturated rings. The number of thiocarbonyl (C=S) groups is 1. The maximum atomic E-state index is 5.63. The van der Waals surface area contributed by atoms with Crippen LogP contribution in [-0.4, -0.2) is 55.1 Å². The van der Waals surface area contributed by atoms with E-state index in [2.05, 4.69) is 37.7 Å². The molecule has 2 N–H and O–H groups in total. The SMILES string of the molecule is CCCN(CCN(C)C)CC(C)C(N)=S. The summed E-state index contributed by atoms with van der Waals surface area (Å²) >= 11 is 5.00. The molecule has 0 aromatic carbocycles. The average molecular weight is 231 g/mol. The molecule has 0 amide bonds. The fourth-order valence-electron chi connectivity index (χ4n) is 1.43. The smallest absolute Gasteiger partial charge is 0.0768 e. The molecular weight excluding hydrogens is 206 g/mol. The summed E-state index contributed by atoms with van der Waals surface area (Å²) < 4.78 is 0. The highest BCUT2D eigenvalue weighted by atomic mass is 32.1. The third-order valence-corrected chi connectivity index (χ3v) is 2.82. The molecule has 0 aromatic rings.